The van der Waals surface area contributed by atoms with Gasteiger partial charge in [0.25, 0.3) is 0 Å². The topological polar surface area (TPSA) is 18.5 Å². The molecule has 0 saturated carbocycles. The highest BCUT2D eigenvalue weighted by molar-refractivity contribution is 14.1. The summed E-state index contributed by atoms with van der Waals surface area (Å²) < 4.78 is 13.0. The van der Waals surface area contributed by atoms with Crippen molar-refractivity contribution in [3.63, 3.8) is 0 Å². The maximum Gasteiger partial charge on any atom is 0.163 e. The van der Waals surface area contributed by atoms with Crippen LogP contribution in [0, 0.1) is 0 Å². The van der Waals surface area contributed by atoms with Crippen LogP contribution in [0.25, 0.3) is 0 Å². The van der Waals surface area contributed by atoms with Crippen LogP contribution in [-0.4, -0.2) is 18.5 Å². The summed E-state index contributed by atoms with van der Waals surface area (Å²) in [6.07, 6.45) is 3.29. The van der Waals surface area contributed by atoms with E-state index in [2.05, 4.69) is 28.7 Å². The Morgan fingerprint density at radius 1 is 1.64 bits per heavy atom. The molecule has 0 amide bonds. The van der Waals surface area contributed by atoms with E-state index in [9.17, 15) is 0 Å². The van der Waals surface area contributed by atoms with Gasteiger partial charge in [-0.2, -0.15) is 0 Å². The van der Waals surface area contributed by atoms with Gasteiger partial charge in [-0.25, -0.2) is 0 Å². The molecule has 1 rings (SSSR count). The molecule has 64 valence electrons. The van der Waals surface area contributed by atoms with E-state index >= 15 is 0 Å². The van der Waals surface area contributed by atoms with E-state index in [-0.39, 0.29) is 11.9 Å². The molecule has 1 heterocycles. The van der Waals surface area contributed by atoms with E-state index in [1.807, 2.05) is 17.9 Å². The largest absolute Gasteiger partial charge is 0.348 e. The first-order chi connectivity index (χ1) is 5.14. The van der Waals surface area contributed by atoms with Crippen LogP contribution >= 0.6 is 22.6 Å². The van der Waals surface area contributed by atoms with Crippen LogP contribution in [0.2, 0.25) is 0 Å². The standard InChI is InChI=1S/C8H13IO2/c1-8(2)10-6-7(11-8)4-3-5-9/h3,5,7H,4,6H2,1-2H3/b5-3-/t7-/m0/s1. The lowest BCUT2D eigenvalue weighted by Crippen LogP contribution is -2.21. The molecule has 1 fully saturated rings. The van der Waals surface area contributed by atoms with Crippen LogP contribution in [0.1, 0.15) is 20.3 Å². The number of hydrogen-bond donors (Lipinski definition) is 0. The normalized spacial score (nSPS) is 29.9. The van der Waals surface area contributed by atoms with Crippen LogP contribution in [-0.2, 0) is 9.47 Å². The lowest BCUT2D eigenvalue weighted by atomic mass is 10.3. The van der Waals surface area contributed by atoms with Gasteiger partial charge in [0.05, 0.1) is 12.7 Å². The smallest absolute Gasteiger partial charge is 0.163 e. The Kier molecular flexibility index (Phi) is 3.33. The minimum Gasteiger partial charge on any atom is -0.348 e. The zero-order valence-electron chi connectivity index (χ0n) is 6.84. The van der Waals surface area contributed by atoms with Crippen LogP contribution in [0.15, 0.2) is 10.2 Å². The molecule has 3 heteroatoms. The summed E-state index contributed by atoms with van der Waals surface area (Å²) >= 11 is 2.21. The lowest BCUT2D eigenvalue weighted by molar-refractivity contribution is -0.137. The Morgan fingerprint density at radius 2 is 2.36 bits per heavy atom. The second kappa shape index (κ2) is 3.87. The van der Waals surface area contributed by atoms with Gasteiger partial charge in [-0.1, -0.05) is 28.7 Å². The first-order valence-corrected chi connectivity index (χ1v) is 4.95. The van der Waals surface area contributed by atoms with E-state index < -0.39 is 0 Å². The van der Waals surface area contributed by atoms with Crippen molar-refractivity contribution in [3.05, 3.63) is 10.2 Å². The van der Waals surface area contributed by atoms with Crippen molar-refractivity contribution in [2.24, 2.45) is 0 Å². The maximum atomic E-state index is 5.57. The summed E-state index contributed by atoms with van der Waals surface area (Å²) in [6, 6.07) is 0. The van der Waals surface area contributed by atoms with Gasteiger partial charge in [0.15, 0.2) is 5.79 Å². The number of hydrogen-bond acceptors (Lipinski definition) is 2. The van der Waals surface area contributed by atoms with E-state index in [1.165, 1.54) is 0 Å². The zero-order valence-corrected chi connectivity index (χ0v) is 9.00. The van der Waals surface area contributed by atoms with Crippen molar-refractivity contribution < 1.29 is 9.47 Å². The van der Waals surface area contributed by atoms with Gasteiger partial charge >= 0.3 is 0 Å². The zero-order chi connectivity index (χ0) is 8.32. The summed E-state index contributed by atoms with van der Waals surface area (Å²) in [5.41, 5.74) is 0. The van der Waals surface area contributed by atoms with Crippen LogP contribution in [0.4, 0.5) is 0 Å². The Morgan fingerprint density at radius 3 is 2.82 bits per heavy atom. The van der Waals surface area contributed by atoms with Crippen molar-refractivity contribution in [2.75, 3.05) is 6.61 Å². The Labute approximate surface area is 81.1 Å². The van der Waals surface area contributed by atoms with Gasteiger partial charge in [-0.15, -0.1) is 0 Å². The molecule has 1 saturated heterocycles. The van der Waals surface area contributed by atoms with Gasteiger partial charge < -0.3 is 9.47 Å². The van der Waals surface area contributed by atoms with Crippen molar-refractivity contribution in [2.45, 2.75) is 32.2 Å². The average Bonchev–Trinajstić information content (AvgIpc) is 2.26. The Hall–Kier alpha value is 0.390. The van der Waals surface area contributed by atoms with Crippen molar-refractivity contribution >= 4 is 22.6 Å². The highest BCUT2D eigenvalue weighted by Gasteiger charge is 2.31. The second-order valence-electron chi connectivity index (χ2n) is 3.05. The van der Waals surface area contributed by atoms with E-state index in [0.717, 1.165) is 6.42 Å². The van der Waals surface area contributed by atoms with Crippen LogP contribution < -0.4 is 0 Å². The Bertz CT molecular complexity index is 154. The minimum absolute atomic E-state index is 0.246. The molecule has 0 unspecified atom stereocenters. The van der Waals surface area contributed by atoms with E-state index in [0.29, 0.717) is 6.61 Å². The first-order valence-electron chi connectivity index (χ1n) is 3.71. The summed E-state index contributed by atoms with van der Waals surface area (Å²) in [5, 5.41) is 0. The fourth-order valence-electron chi connectivity index (χ4n) is 1.08. The van der Waals surface area contributed by atoms with Crippen molar-refractivity contribution in [1.82, 2.24) is 0 Å². The van der Waals surface area contributed by atoms with E-state index in [1.54, 1.807) is 0 Å². The molecule has 1 atom stereocenters. The third-order valence-corrected chi connectivity index (χ3v) is 2.06. The van der Waals surface area contributed by atoms with Gasteiger partial charge in [0, 0.05) is 0 Å². The van der Waals surface area contributed by atoms with Crippen LogP contribution in [0.5, 0.6) is 0 Å². The molecule has 0 aromatic heterocycles. The predicted molar refractivity (Wildman–Crippen MR) is 52.7 cm³/mol. The van der Waals surface area contributed by atoms with Crippen LogP contribution in [0.3, 0.4) is 0 Å². The maximum absolute atomic E-state index is 5.57. The first kappa shape index (κ1) is 9.48. The summed E-state index contributed by atoms with van der Waals surface area (Å²) in [6.45, 7) is 4.61. The second-order valence-corrected chi connectivity index (χ2v) is 3.77. The molecule has 0 aromatic carbocycles. The number of halogens is 1. The number of rotatable bonds is 2. The lowest BCUT2D eigenvalue weighted by Gasteiger charge is -2.16. The molecule has 0 aromatic rings. The van der Waals surface area contributed by atoms with Crippen molar-refractivity contribution in [1.29, 1.82) is 0 Å². The fraction of sp³-hybridized carbons (Fsp3) is 0.750. The molecular weight excluding hydrogens is 255 g/mol. The predicted octanol–water partition coefficient (Wildman–Crippen LogP) is 2.48. The summed E-state index contributed by atoms with van der Waals surface area (Å²) in [5.74, 6) is -0.371. The highest BCUT2D eigenvalue weighted by atomic mass is 127. The van der Waals surface area contributed by atoms with Crippen molar-refractivity contribution in [3.8, 4) is 0 Å². The summed E-state index contributed by atoms with van der Waals surface area (Å²) in [4.78, 5) is 0. The molecule has 0 aliphatic carbocycles. The van der Waals surface area contributed by atoms with E-state index in [4.69, 9.17) is 9.47 Å². The van der Waals surface area contributed by atoms with Gasteiger partial charge in [-0.3, -0.25) is 0 Å². The quantitative estimate of drug-likeness (QED) is 0.716. The van der Waals surface area contributed by atoms with Gasteiger partial charge in [0.2, 0.25) is 0 Å². The third-order valence-electron chi connectivity index (χ3n) is 1.56. The average molecular weight is 268 g/mol. The Balaban J connectivity index is 2.30. The molecule has 0 bridgehead atoms. The monoisotopic (exact) mass is 268 g/mol. The molecular formula is C8H13IO2. The third kappa shape index (κ3) is 3.09. The SMILES string of the molecule is CC1(C)OC[C@H](C/C=C\I)O1. The molecule has 1 aliphatic heterocycles. The fourth-order valence-corrected chi connectivity index (χ4v) is 1.38. The molecule has 0 spiro atoms. The number of ether oxygens (including phenoxy) is 2. The molecule has 2 nitrogen and oxygen atoms in total. The van der Waals surface area contributed by atoms with Gasteiger partial charge in [-0.05, 0) is 24.4 Å². The molecule has 11 heavy (non-hydrogen) atoms. The molecule has 1 aliphatic rings. The highest BCUT2D eigenvalue weighted by Crippen LogP contribution is 2.24. The summed E-state index contributed by atoms with van der Waals surface area (Å²) in [7, 11) is 0. The minimum atomic E-state index is -0.371. The van der Waals surface area contributed by atoms with Gasteiger partial charge in [0.1, 0.15) is 0 Å². The molecule has 0 N–H and O–H groups in total. The molecule has 0 radical (unpaired) electrons.